The van der Waals surface area contributed by atoms with Crippen molar-refractivity contribution in [2.75, 3.05) is 20.2 Å². The average molecular weight is 174 g/mol. The molecule has 0 spiro atoms. The summed E-state index contributed by atoms with van der Waals surface area (Å²) in [4.78, 5) is 16.2. The van der Waals surface area contributed by atoms with E-state index in [1.165, 1.54) is 5.06 Å². The molecule has 0 unspecified atom stereocenters. The van der Waals surface area contributed by atoms with Crippen molar-refractivity contribution in [2.24, 2.45) is 5.73 Å². The summed E-state index contributed by atoms with van der Waals surface area (Å²) in [6, 6.07) is 0. The fourth-order valence-corrected chi connectivity index (χ4v) is 0.711. The Kier molecular flexibility index (Phi) is 6.70. The summed E-state index contributed by atoms with van der Waals surface area (Å²) >= 11 is 0. The van der Waals surface area contributed by atoms with E-state index in [-0.39, 0.29) is 5.91 Å². The highest BCUT2D eigenvalue weighted by molar-refractivity contribution is 5.74. The molecule has 4 heteroatoms. The van der Waals surface area contributed by atoms with Gasteiger partial charge in [0.25, 0.3) is 0 Å². The molecular formula is C8H18N2O2. The van der Waals surface area contributed by atoms with Crippen LogP contribution in [0.15, 0.2) is 0 Å². The number of hydrogen-bond acceptors (Lipinski definition) is 3. The zero-order chi connectivity index (χ0) is 9.40. The molecule has 0 atom stereocenters. The largest absolute Gasteiger partial charge is 0.330 e. The standard InChI is InChI=1S/C8H18N2O2/c1-3-7-12-10(2)8(11)5-4-6-9/h3-7,9H2,1-2H3. The Morgan fingerprint density at radius 1 is 1.58 bits per heavy atom. The Morgan fingerprint density at radius 2 is 2.25 bits per heavy atom. The quantitative estimate of drug-likeness (QED) is 0.597. The molecule has 0 fully saturated rings. The minimum Gasteiger partial charge on any atom is -0.330 e. The molecule has 0 aliphatic heterocycles. The number of amides is 1. The van der Waals surface area contributed by atoms with Gasteiger partial charge in [-0.15, -0.1) is 0 Å². The van der Waals surface area contributed by atoms with Crippen molar-refractivity contribution in [3.63, 3.8) is 0 Å². The minimum absolute atomic E-state index is 0.00565. The van der Waals surface area contributed by atoms with E-state index in [0.29, 0.717) is 19.6 Å². The summed E-state index contributed by atoms with van der Waals surface area (Å²) in [7, 11) is 1.63. The number of rotatable bonds is 6. The van der Waals surface area contributed by atoms with Gasteiger partial charge in [-0.3, -0.25) is 9.63 Å². The van der Waals surface area contributed by atoms with Gasteiger partial charge in [-0.25, -0.2) is 5.06 Å². The summed E-state index contributed by atoms with van der Waals surface area (Å²) in [5.41, 5.74) is 5.27. The first kappa shape index (κ1) is 11.4. The van der Waals surface area contributed by atoms with Crippen LogP contribution in [0.2, 0.25) is 0 Å². The van der Waals surface area contributed by atoms with Crippen LogP contribution in [0.4, 0.5) is 0 Å². The van der Waals surface area contributed by atoms with E-state index < -0.39 is 0 Å². The van der Waals surface area contributed by atoms with Crippen LogP contribution >= 0.6 is 0 Å². The van der Waals surface area contributed by atoms with Crippen molar-refractivity contribution in [3.8, 4) is 0 Å². The highest BCUT2D eigenvalue weighted by Crippen LogP contribution is 1.95. The number of carbonyl (C=O) groups excluding carboxylic acids is 1. The molecule has 0 aliphatic rings. The first-order valence-corrected chi connectivity index (χ1v) is 4.32. The Hall–Kier alpha value is -0.610. The molecule has 0 aromatic rings. The van der Waals surface area contributed by atoms with Crippen molar-refractivity contribution < 1.29 is 9.63 Å². The van der Waals surface area contributed by atoms with Crippen LogP contribution in [0.1, 0.15) is 26.2 Å². The molecule has 0 saturated heterocycles. The zero-order valence-corrected chi connectivity index (χ0v) is 7.88. The molecule has 1 amide bonds. The van der Waals surface area contributed by atoms with Gasteiger partial charge in [0.15, 0.2) is 0 Å². The number of carbonyl (C=O) groups is 1. The normalized spacial score (nSPS) is 9.92. The van der Waals surface area contributed by atoms with Crippen LogP contribution < -0.4 is 5.73 Å². The number of hydroxylamine groups is 2. The lowest BCUT2D eigenvalue weighted by molar-refractivity contribution is -0.178. The first-order valence-electron chi connectivity index (χ1n) is 4.32. The molecule has 0 aromatic carbocycles. The van der Waals surface area contributed by atoms with E-state index in [9.17, 15) is 4.79 Å². The molecule has 12 heavy (non-hydrogen) atoms. The molecular weight excluding hydrogens is 156 g/mol. The average Bonchev–Trinajstić information content (AvgIpc) is 2.10. The van der Waals surface area contributed by atoms with Crippen molar-refractivity contribution in [3.05, 3.63) is 0 Å². The maximum Gasteiger partial charge on any atom is 0.245 e. The number of nitrogens with two attached hydrogens (primary N) is 1. The molecule has 0 radical (unpaired) electrons. The number of nitrogens with zero attached hydrogens (tertiary/aromatic N) is 1. The van der Waals surface area contributed by atoms with Crippen LogP contribution in [0, 0.1) is 0 Å². The third-order valence-corrected chi connectivity index (χ3v) is 1.44. The second-order valence-electron chi connectivity index (χ2n) is 2.62. The van der Waals surface area contributed by atoms with Crippen LogP contribution in [0.3, 0.4) is 0 Å². The monoisotopic (exact) mass is 174 g/mol. The Labute approximate surface area is 73.6 Å². The maximum absolute atomic E-state index is 11.2. The second kappa shape index (κ2) is 7.06. The van der Waals surface area contributed by atoms with E-state index >= 15 is 0 Å². The third kappa shape index (κ3) is 5.09. The lowest BCUT2D eigenvalue weighted by Crippen LogP contribution is -2.27. The van der Waals surface area contributed by atoms with Crippen molar-refractivity contribution >= 4 is 5.91 Å². The number of hydrogen-bond donors (Lipinski definition) is 1. The summed E-state index contributed by atoms with van der Waals surface area (Å²) in [6.45, 7) is 3.14. The lowest BCUT2D eigenvalue weighted by atomic mass is 10.3. The predicted molar refractivity (Wildman–Crippen MR) is 47.3 cm³/mol. The van der Waals surface area contributed by atoms with E-state index in [1.54, 1.807) is 7.05 Å². The fourth-order valence-electron chi connectivity index (χ4n) is 0.711. The van der Waals surface area contributed by atoms with Gasteiger partial charge < -0.3 is 5.73 Å². The van der Waals surface area contributed by atoms with E-state index in [0.717, 1.165) is 12.8 Å². The fraction of sp³-hybridized carbons (Fsp3) is 0.875. The van der Waals surface area contributed by atoms with Crippen LogP contribution in [-0.2, 0) is 9.63 Å². The van der Waals surface area contributed by atoms with Gasteiger partial charge in [-0.1, -0.05) is 6.92 Å². The SMILES string of the molecule is CCCON(C)C(=O)CCCN. The molecule has 2 N–H and O–H groups in total. The Balaban J connectivity index is 3.47. The van der Waals surface area contributed by atoms with Gasteiger partial charge in [0.05, 0.1) is 6.61 Å². The lowest BCUT2D eigenvalue weighted by Gasteiger charge is -2.15. The molecule has 72 valence electrons. The molecule has 0 heterocycles. The van der Waals surface area contributed by atoms with Gasteiger partial charge >= 0.3 is 0 Å². The van der Waals surface area contributed by atoms with E-state index in [2.05, 4.69) is 0 Å². The summed E-state index contributed by atoms with van der Waals surface area (Å²) in [6.07, 6.45) is 2.10. The summed E-state index contributed by atoms with van der Waals surface area (Å²) in [5, 5.41) is 1.29. The van der Waals surface area contributed by atoms with Crippen molar-refractivity contribution in [2.45, 2.75) is 26.2 Å². The van der Waals surface area contributed by atoms with E-state index in [1.807, 2.05) is 6.92 Å². The highest BCUT2D eigenvalue weighted by atomic mass is 16.7. The van der Waals surface area contributed by atoms with Crippen LogP contribution in [-0.4, -0.2) is 31.2 Å². The molecule has 0 bridgehead atoms. The van der Waals surface area contributed by atoms with Gasteiger partial charge in [-0.05, 0) is 19.4 Å². The Morgan fingerprint density at radius 3 is 2.75 bits per heavy atom. The molecule has 0 aliphatic carbocycles. The predicted octanol–water partition coefficient (Wildman–Crippen LogP) is 0.525. The smallest absolute Gasteiger partial charge is 0.245 e. The second-order valence-corrected chi connectivity index (χ2v) is 2.62. The molecule has 0 aromatic heterocycles. The van der Waals surface area contributed by atoms with Gasteiger partial charge in [0.1, 0.15) is 0 Å². The summed E-state index contributed by atoms with van der Waals surface area (Å²) < 4.78 is 0. The molecule has 0 saturated carbocycles. The molecule has 0 rings (SSSR count). The van der Waals surface area contributed by atoms with E-state index in [4.69, 9.17) is 10.6 Å². The van der Waals surface area contributed by atoms with Gasteiger partial charge in [-0.2, -0.15) is 0 Å². The minimum atomic E-state index is -0.00565. The maximum atomic E-state index is 11.2. The highest BCUT2D eigenvalue weighted by Gasteiger charge is 2.06. The Bertz CT molecular complexity index is 128. The zero-order valence-electron chi connectivity index (χ0n) is 7.88. The topological polar surface area (TPSA) is 55.6 Å². The van der Waals surface area contributed by atoms with Crippen molar-refractivity contribution in [1.29, 1.82) is 0 Å². The molecule has 4 nitrogen and oxygen atoms in total. The van der Waals surface area contributed by atoms with Gasteiger partial charge in [0.2, 0.25) is 5.91 Å². The van der Waals surface area contributed by atoms with Crippen molar-refractivity contribution in [1.82, 2.24) is 5.06 Å². The third-order valence-electron chi connectivity index (χ3n) is 1.44. The van der Waals surface area contributed by atoms with Gasteiger partial charge in [0, 0.05) is 13.5 Å². The van der Waals surface area contributed by atoms with Crippen LogP contribution in [0.5, 0.6) is 0 Å². The summed E-state index contributed by atoms with van der Waals surface area (Å²) in [5.74, 6) is -0.00565. The van der Waals surface area contributed by atoms with Crippen LogP contribution in [0.25, 0.3) is 0 Å². The first-order chi connectivity index (χ1) is 5.72.